The van der Waals surface area contributed by atoms with Crippen LogP contribution in [0.5, 0.6) is 0 Å². The van der Waals surface area contributed by atoms with Crippen LogP contribution >= 0.6 is 0 Å². The van der Waals surface area contributed by atoms with Gasteiger partial charge in [-0.15, -0.1) is 0 Å². The predicted molar refractivity (Wildman–Crippen MR) is 112 cm³/mol. The van der Waals surface area contributed by atoms with Crippen LogP contribution in [-0.4, -0.2) is 59.2 Å². The minimum Gasteiger partial charge on any atom is -0.322 e. The number of nitrogens with zero attached hydrogens (tertiary/aromatic N) is 2. The molecule has 0 saturated carbocycles. The lowest BCUT2D eigenvalue weighted by Gasteiger charge is -2.36. The van der Waals surface area contributed by atoms with E-state index in [0.29, 0.717) is 24.6 Å². The van der Waals surface area contributed by atoms with E-state index >= 15 is 0 Å². The fraction of sp³-hybridized carbons (Fsp3) is 0.609. The molecule has 0 aliphatic carbocycles. The third kappa shape index (κ3) is 3.76. The van der Waals surface area contributed by atoms with E-state index in [2.05, 4.69) is 27.7 Å². The zero-order valence-electron chi connectivity index (χ0n) is 17.4. The summed E-state index contributed by atoms with van der Waals surface area (Å²) in [6, 6.07) is 6.23. The van der Waals surface area contributed by atoms with Crippen LogP contribution in [0.2, 0.25) is 0 Å². The van der Waals surface area contributed by atoms with Crippen LogP contribution in [0.25, 0.3) is 0 Å². The van der Waals surface area contributed by atoms with E-state index in [0.717, 1.165) is 37.7 Å². The maximum Gasteiger partial charge on any atom is 0.255 e. The Hall–Kier alpha value is -2.25. The average Bonchev–Trinajstić information content (AvgIpc) is 3.37. The van der Waals surface area contributed by atoms with Gasteiger partial charge < -0.3 is 10.2 Å². The first-order valence-corrected chi connectivity index (χ1v) is 11.3. The van der Waals surface area contributed by atoms with E-state index in [1.54, 1.807) is 4.90 Å². The van der Waals surface area contributed by atoms with Crippen molar-refractivity contribution in [1.82, 2.24) is 20.4 Å². The highest BCUT2D eigenvalue weighted by molar-refractivity contribution is 6.05. The lowest BCUT2D eigenvalue weighted by atomic mass is 9.89. The molecule has 0 spiro atoms. The molecule has 0 aromatic heterocycles. The second kappa shape index (κ2) is 8.12. The van der Waals surface area contributed by atoms with Gasteiger partial charge in [-0.25, -0.2) is 0 Å². The van der Waals surface area contributed by atoms with Gasteiger partial charge in [0.15, 0.2) is 0 Å². The maximum atomic E-state index is 12.9. The molecule has 1 aromatic rings. The Balaban J connectivity index is 1.25. The van der Waals surface area contributed by atoms with Gasteiger partial charge in [-0.05, 0) is 68.3 Å². The fourth-order valence-corrected chi connectivity index (χ4v) is 5.66. The monoisotopic (exact) mass is 410 g/mol. The zero-order chi connectivity index (χ0) is 20.7. The van der Waals surface area contributed by atoms with Crippen LogP contribution < -0.4 is 10.6 Å². The number of amides is 3. The number of imide groups is 1. The minimum absolute atomic E-state index is 0.101. The molecule has 30 heavy (non-hydrogen) atoms. The van der Waals surface area contributed by atoms with Gasteiger partial charge >= 0.3 is 0 Å². The van der Waals surface area contributed by atoms with Crippen LogP contribution in [0.3, 0.4) is 0 Å². The summed E-state index contributed by atoms with van der Waals surface area (Å²) in [5.74, 6) is 0.0273. The molecule has 2 N–H and O–H groups in total. The van der Waals surface area contributed by atoms with Crippen molar-refractivity contribution in [2.24, 2.45) is 5.92 Å². The van der Waals surface area contributed by atoms with E-state index in [1.807, 2.05) is 6.07 Å². The first-order valence-electron chi connectivity index (χ1n) is 11.3. The zero-order valence-corrected chi connectivity index (χ0v) is 17.4. The van der Waals surface area contributed by atoms with E-state index < -0.39 is 6.04 Å². The quantitative estimate of drug-likeness (QED) is 0.734. The van der Waals surface area contributed by atoms with Gasteiger partial charge in [-0.1, -0.05) is 12.1 Å². The maximum absolute atomic E-state index is 12.9. The van der Waals surface area contributed by atoms with Crippen LogP contribution in [0, 0.1) is 5.92 Å². The van der Waals surface area contributed by atoms with E-state index in [1.165, 1.54) is 31.2 Å². The predicted octanol–water partition coefficient (Wildman–Crippen LogP) is 1.41. The molecule has 3 fully saturated rings. The third-order valence-corrected chi connectivity index (χ3v) is 7.20. The number of carbonyl (C=O) groups is 3. The van der Waals surface area contributed by atoms with Crippen molar-refractivity contribution in [3.63, 3.8) is 0 Å². The van der Waals surface area contributed by atoms with Gasteiger partial charge in [0.05, 0.1) is 0 Å². The highest BCUT2D eigenvalue weighted by Gasteiger charge is 2.39. The summed E-state index contributed by atoms with van der Waals surface area (Å²) in [7, 11) is 0. The van der Waals surface area contributed by atoms with Crippen LogP contribution in [-0.2, 0) is 22.7 Å². The molecule has 7 nitrogen and oxygen atoms in total. The topological polar surface area (TPSA) is 81.8 Å². The molecule has 3 atom stereocenters. The van der Waals surface area contributed by atoms with E-state index in [9.17, 15) is 14.4 Å². The van der Waals surface area contributed by atoms with Crippen molar-refractivity contribution in [3.8, 4) is 0 Å². The van der Waals surface area contributed by atoms with Crippen molar-refractivity contribution in [3.05, 3.63) is 34.9 Å². The Kier molecular flexibility index (Phi) is 5.33. The normalized spacial score (nSPS) is 29.9. The molecule has 4 aliphatic heterocycles. The van der Waals surface area contributed by atoms with Gasteiger partial charge in [0.2, 0.25) is 11.8 Å². The standard InChI is InChI=1S/C23H30N4O3/c28-21-8-7-20(22(29)25-21)27-14-17-11-15(5-6-18(17)23(27)30)12-26-10-2-3-16(13-26)19-4-1-9-24-19/h5-6,11,16,19-20,24H,1-4,7-10,12-14H2,(H,25,28,29). The van der Waals surface area contributed by atoms with Crippen molar-refractivity contribution in [1.29, 1.82) is 0 Å². The molecule has 4 heterocycles. The average molecular weight is 411 g/mol. The van der Waals surface area contributed by atoms with E-state index in [4.69, 9.17) is 0 Å². The molecular weight excluding hydrogens is 380 g/mol. The number of rotatable bonds is 4. The smallest absolute Gasteiger partial charge is 0.255 e. The summed E-state index contributed by atoms with van der Waals surface area (Å²) in [5.41, 5.74) is 2.91. The molecule has 0 radical (unpaired) electrons. The lowest BCUT2D eigenvalue weighted by molar-refractivity contribution is -0.136. The first-order chi connectivity index (χ1) is 14.6. The molecule has 0 bridgehead atoms. The van der Waals surface area contributed by atoms with Crippen LogP contribution in [0.4, 0.5) is 0 Å². The Labute approximate surface area is 177 Å². The number of hydrogen-bond acceptors (Lipinski definition) is 5. The molecular formula is C23H30N4O3. The Morgan fingerprint density at radius 2 is 1.97 bits per heavy atom. The second-order valence-electron chi connectivity index (χ2n) is 9.23. The number of carbonyl (C=O) groups excluding carboxylic acids is 3. The lowest BCUT2D eigenvalue weighted by Crippen LogP contribution is -2.52. The van der Waals surface area contributed by atoms with Gasteiger partial charge in [0.1, 0.15) is 6.04 Å². The molecule has 4 aliphatic rings. The highest BCUT2D eigenvalue weighted by atomic mass is 16.2. The summed E-state index contributed by atoms with van der Waals surface area (Å²) in [6.07, 6.45) is 5.85. The van der Waals surface area contributed by atoms with Crippen LogP contribution in [0.1, 0.15) is 60.0 Å². The molecule has 3 unspecified atom stereocenters. The van der Waals surface area contributed by atoms with Gasteiger partial charge in [0.25, 0.3) is 5.91 Å². The van der Waals surface area contributed by atoms with Crippen LogP contribution in [0.15, 0.2) is 18.2 Å². The Morgan fingerprint density at radius 1 is 1.07 bits per heavy atom. The SMILES string of the molecule is O=C1CCC(N2Cc3cc(CN4CCCC(C5CCCN5)C4)ccc3C2=O)C(=O)N1. The molecule has 3 saturated heterocycles. The molecule has 7 heteroatoms. The minimum atomic E-state index is -0.548. The number of benzene rings is 1. The largest absolute Gasteiger partial charge is 0.322 e. The third-order valence-electron chi connectivity index (χ3n) is 7.20. The second-order valence-corrected chi connectivity index (χ2v) is 9.23. The number of piperidine rings is 2. The number of fused-ring (bicyclic) bond motifs is 1. The molecule has 160 valence electrons. The van der Waals surface area contributed by atoms with Gasteiger partial charge in [0, 0.05) is 37.7 Å². The first kappa shape index (κ1) is 19.7. The summed E-state index contributed by atoms with van der Waals surface area (Å²) in [5, 5.41) is 6.03. The van der Waals surface area contributed by atoms with Crippen molar-refractivity contribution >= 4 is 17.7 Å². The summed E-state index contributed by atoms with van der Waals surface area (Å²) in [4.78, 5) is 40.7. The molecule has 1 aromatic carbocycles. The molecule has 3 amide bonds. The number of likely N-dealkylation sites (tertiary alicyclic amines) is 1. The highest BCUT2D eigenvalue weighted by Crippen LogP contribution is 2.30. The summed E-state index contributed by atoms with van der Waals surface area (Å²) in [6.45, 7) is 4.77. The van der Waals surface area contributed by atoms with Crippen molar-refractivity contribution < 1.29 is 14.4 Å². The fourth-order valence-electron chi connectivity index (χ4n) is 5.66. The Bertz CT molecular complexity index is 864. The summed E-state index contributed by atoms with van der Waals surface area (Å²) >= 11 is 0. The number of nitrogens with one attached hydrogen (secondary N) is 2. The van der Waals surface area contributed by atoms with Crippen molar-refractivity contribution in [2.75, 3.05) is 19.6 Å². The van der Waals surface area contributed by atoms with E-state index in [-0.39, 0.29) is 24.1 Å². The Morgan fingerprint density at radius 3 is 2.77 bits per heavy atom. The van der Waals surface area contributed by atoms with Gasteiger partial charge in [-0.3, -0.25) is 24.6 Å². The number of hydrogen-bond donors (Lipinski definition) is 2. The van der Waals surface area contributed by atoms with Gasteiger partial charge in [-0.2, -0.15) is 0 Å². The van der Waals surface area contributed by atoms with Crippen molar-refractivity contribution in [2.45, 2.75) is 63.7 Å². The summed E-state index contributed by atoms with van der Waals surface area (Å²) < 4.78 is 0. The molecule has 5 rings (SSSR count).